The molecule has 6 nitrogen and oxygen atoms in total. The lowest BCUT2D eigenvalue weighted by Crippen LogP contribution is -1.94. The number of nitrogens with one attached hydrogen (secondary N) is 2. The molecule has 0 amide bonds. The Balaban J connectivity index is 0.00000144. The number of H-pyrrole nitrogens is 2. The van der Waals surface area contributed by atoms with E-state index >= 15 is 0 Å². The van der Waals surface area contributed by atoms with E-state index in [2.05, 4.69) is 42.3 Å². The quantitative estimate of drug-likeness (QED) is 0.595. The van der Waals surface area contributed by atoms with Crippen LogP contribution in [0.2, 0.25) is 0 Å². The molecule has 0 aliphatic heterocycles. The van der Waals surface area contributed by atoms with Crippen molar-refractivity contribution >= 4 is 23.4 Å². The van der Waals surface area contributed by atoms with Gasteiger partial charge in [0.25, 0.3) is 0 Å². The molecule has 0 spiro atoms. The molecule has 110 valence electrons. The molecule has 7 heteroatoms. The smallest absolute Gasteiger partial charge is 0.176 e. The van der Waals surface area contributed by atoms with Gasteiger partial charge in [-0.2, -0.15) is 5.10 Å². The van der Waals surface area contributed by atoms with Gasteiger partial charge < -0.3 is 4.98 Å². The maximum atomic E-state index is 4.49. The van der Waals surface area contributed by atoms with Gasteiger partial charge in [0.15, 0.2) is 5.82 Å². The fraction of sp³-hybridized carbons (Fsp3) is 0.0667. The van der Waals surface area contributed by atoms with E-state index in [1.54, 1.807) is 0 Å². The maximum absolute atomic E-state index is 4.49. The summed E-state index contributed by atoms with van der Waals surface area (Å²) in [7, 11) is 0. The Morgan fingerprint density at radius 2 is 1.86 bits per heavy atom. The molecule has 4 aromatic rings. The van der Waals surface area contributed by atoms with Gasteiger partial charge in [-0.25, -0.2) is 15.0 Å². The van der Waals surface area contributed by atoms with Crippen molar-refractivity contribution in [3.05, 3.63) is 48.5 Å². The highest BCUT2D eigenvalue weighted by Crippen LogP contribution is 2.27. The molecule has 0 radical (unpaired) electrons. The topological polar surface area (TPSA) is 83.1 Å². The molecule has 3 aromatic heterocycles. The molecule has 3 heterocycles. The van der Waals surface area contributed by atoms with Gasteiger partial charge in [-0.1, -0.05) is 30.3 Å². The van der Waals surface area contributed by atoms with Crippen LogP contribution >= 0.6 is 12.4 Å². The Hall–Kier alpha value is -2.73. The predicted molar refractivity (Wildman–Crippen MR) is 86.7 cm³/mol. The van der Waals surface area contributed by atoms with Crippen molar-refractivity contribution < 1.29 is 0 Å². The van der Waals surface area contributed by atoms with Gasteiger partial charge in [-0.05, 0) is 18.6 Å². The van der Waals surface area contributed by atoms with Crippen molar-refractivity contribution in [2.24, 2.45) is 0 Å². The highest BCUT2D eigenvalue weighted by Gasteiger charge is 2.14. The summed E-state index contributed by atoms with van der Waals surface area (Å²) in [5, 5.41) is 6.74. The molecule has 4 rings (SSSR count). The SMILES string of the molecule is Cc1nc(-c2ncn[nH]2)c2[nH]c(-c3ccccc3)cc2n1.Cl. The summed E-state index contributed by atoms with van der Waals surface area (Å²) in [6, 6.07) is 12.2. The number of benzene rings is 1. The van der Waals surface area contributed by atoms with Crippen LogP contribution in [0.15, 0.2) is 42.7 Å². The summed E-state index contributed by atoms with van der Waals surface area (Å²) >= 11 is 0. The molecular formula is C15H13ClN6. The Bertz CT molecular complexity index is 899. The Morgan fingerprint density at radius 1 is 1.05 bits per heavy atom. The lowest BCUT2D eigenvalue weighted by atomic mass is 10.2. The molecule has 2 N–H and O–H groups in total. The summed E-state index contributed by atoms with van der Waals surface area (Å²) in [5.41, 5.74) is 4.57. The summed E-state index contributed by atoms with van der Waals surface area (Å²) in [6.07, 6.45) is 1.47. The zero-order valence-corrected chi connectivity index (χ0v) is 12.6. The van der Waals surface area contributed by atoms with Gasteiger partial charge in [0.05, 0.1) is 11.0 Å². The molecule has 22 heavy (non-hydrogen) atoms. The third-order valence-corrected chi connectivity index (χ3v) is 3.31. The lowest BCUT2D eigenvalue weighted by molar-refractivity contribution is 1.05. The van der Waals surface area contributed by atoms with Gasteiger partial charge in [-0.3, -0.25) is 5.10 Å². The van der Waals surface area contributed by atoms with Crippen LogP contribution in [-0.4, -0.2) is 30.1 Å². The first-order valence-electron chi connectivity index (χ1n) is 6.60. The van der Waals surface area contributed by atoms with Gasteiger partial charge in [0.2, 0.25) is 0 Å². The van der Waals surface area contributed by atoms with Gasteiger partial charge in [0.1, 0.15) is 17.8 Å². The van der Waals surface area contributed by atoms with E-state index in [1.807, 2.05) is 31.2 Å². The van der Waals surface area contributed by atoms with Crippen LogP contribution in [0.1, 0.15) is 5.82 Å². The van der Waals surface area contributed by atoms with Crippen LogP contribution in [0.4, 0.5) is 0 Å². The van der Waals surface area contributed by atoms with Crippen LogP contribution in [0.25, 0.3) is 33.8 Å². The first-order chi connectivity index (χ1) is 10.3. The van der Waals surface area contributed by atoms with Gasteiger partial charge >= 0.3 is 0 Å². The monoisotopic (exact) mass is 312 g/mol. The van der Waals surface area contributed by atoms with Gasteiger partial charge in [0, 0.05) is 5.69 Å². The average Bonchev–Trinajstić information content (AvgIpc) is 3.16. The fourth-order valence-electron chi connectivity index (χ4n) is 2.39. The molecule has 0 unspecified atom stereocenters. The fourth-order valence-corrected chi connectivity index (χ4v) is 2.39. The Morgan fingerprint density at radius 3 is 2.59 bits per heavy atom. The van der Waals surface area contributed by atoms with E-state index in [0.717, 1.165) is 28.0 Å². The predicted octanol–water partition coefficient (Wildman–Crippen LogP) is 3.14. The third kappa shape index (κ3) is 2.33. The number of hydrogen-bond donors (Lipinski definition) is 2. The number of rotatable bonds is 2. The molecule has 0 fully saturated rings. The minimum absolute atomic E-state index is 0. The van der Waals surface area contributed by atoms with E-state index in [-0.39, 0.29) is 12.4 Å². The number of halogens is 1. The molecule has 0 saturated heterocycles. The molecule has 0 atom stereocenters. The summed E-state index contributed by atoms with van der Waals surface area (Å²) in [6.45, 7) is 1.87. The second kappa shape index (κ2) is 5.57. The third-order valence-electron chi connectivity index (χ3n) is 3.31. The van der Waals surface area contributed by atoms with Crippen molar-refractivity contribution in [3.8, 4) is 22.8 Å². The minimum atomic E-state index is 0. The molecule has 0 aliphatic carbocycles. The van der Waals surface area contributed by atoms with Crippen LogP contribution in [0, 0.1) is 6.92 Å². The van der Waals surface area contributed by atoms with Crippen molar-refractivity contribution in [2.75, 3.05) is 0 Å². The van der Waals surface area contributed by atoms with E-state index in [4.69, 9.17) is 0 Å². The Kier molecular flexibility index (Phi) is 3.60. The van der Waals surface area contributed by atoms with E-state index in [0.29, 0.717) is 11.6 Å². The second-order valence-corrected chi connectivity index (χ2v) is 4.76. The van der Waals surface area contributed by atoms with E-state index < -0.39 is 0 Å². The summed E-state index contributed by atoms with van der Waals surface area (Å²) < 4.78 is 0. The van der Waals surface area contributed by atoms with Crippen molar-refractivity contribution in [1.82, 2.24) is 30.1 Å². The number of fused-ring (bicyclic) bond motifs is 1. The second-order valence-electron chi connectivity index (χ2n) is 4.76. The highest BCUT2D eigenvalue weighted by atomic mass is 35.5. The van der Waals surface area contributed by atoms with Crippen molar-refractivity contribution in [1.29, 1.82) is 0 Å². The van der Waals surface area contributed by atoms with Crippen LogP contribution < -0.4 is 0 Å². The van der Waals surface area contributed by atoms with Gasteiger partial charge in [-0.15, -0.1) is 12.4 Å². The van der Waals surface area contributed by atoms with Crippen LogP contribution in [0.5, 0.6) is 0 Å². The first-order valence-corrected chi connectivity index (χ1v) is 6.60. The number of nitrogens with zero attached hydrogens (tertiary/aromatic N) is 4. The Labute approximate surface area is 132 Å². The van der Waals surface area contributed by atoms with Crippen LogP contribution in [0.3, 0.4) is 0 Å². The zero-order valence-electron chi connectivity index (χ0n) is 11.7. The van der Waals surface area contributed by atoms with Crippen molar-refractivity contribution in [3.63, 3.8) is 0 Å². The van der Waals surface area contributed by atoms with Crippen LogP contribution in [-0.2, 0) is 0 Å². The van der Waals surface area contributed by atoms with E-state index in [1.165, 1.54) is 6.33 Å². The number of aromatic nitrogens is 6. The van der Waals surface area contributed by atoms with E-state index in [9.17, 15) is 0 Å². The number of aromatic amines is 2. The normalized spacial score (nSPS) is 10.6. The number of hydrogen-bond acceptors (Lipinski definition) is 4. The highest BCUT2D eigenvalue weighted by molar-refractivity contribution is 5.91. The molecule has 0 bridgehead atoms. The van der Waals surface area contributed by atoms with Crippen molar-refractivity contribution in [2.45, 2.75) is 6.92 Å². The largest absolute Gasteiger partial charge is 0.351 e. The maximum Gasteiger partial charge on any atom is 0.176 e. The molecular weight excluding hydrogens is 300 g/mol. The lowest BCUT2D eigenvalue weighted by Gasteiger charge is -2.00. The molecule has 0 saturated carbocycles. The summed E-state index contributed by atoms with van der Waals surface area (Å²) in [5.74, 6) is 1.33. The average molecular weight is 313 g/mol. The standard InChI is InChI=1S/C15H12N6.ClH/c1-9-18-12-7-11(10-5-3-2-4-6-10)20-13(12)14(19-9)15-16-8-17-21-15;/h2-8,20H,1H3,(H,16,17,21);1H. The molecule has 0 aliphatic rings. The number of aryl methyl sites for hydroxylation is 1. The zero-order chi connectivity index (χ0) is 14.2. The summed E-state index contributed by atoms with van der Waals surface area (Å²) in [4.78, 5) is 16.5. The minimum Gasteiger partial charge on any atom is -0.351 e. The first kappa shape index (κ1) is 14.2. The molecule has 1 aromatic carbocycles.